The first-order chi connectivity index (χ1) is 9.60. The van der Waals surface area contributed by atoms with Crippen molar-refractivity contribution in [2.24, 2.45) is 0 Å². The smallest absolute Gasteiger partial charge is 0.407 e. The number of benzene rings is 1. The van der Waals surface area contributed by atoms with Gasteiger partial charge in [0.1, 0.15) is 6.54 Å². The molecule has 0 fully saturated rings. The zero-order valence-corrected chi connectivity index (χ0v) is 11.7. The molecular formula is C13H18N2O5. The summed E-state index contributed by atoms with van der Waals surface area (Å²) >= 11 is 0. The van der Waals surface area contributed by atoms with Gasteiger partial charge in [-0.25, -0.2) is 4.79 Å². The molecule has 0 spiro atoms. The van der Waals surface area contributed by atoms with Crippen molar-refractivity contribution >= 4 is 17.7 Å². The van der Waals surface area contributed by atoms with E-state index in [0.29, 0.717) is 17.2 Å². The van der Waals surface area contributed by atoms with Crippen LogP contribution in [-0.2, 0) is 9.53 Å². The molecule has 2 N–H and O–H groups in total. The second kappa shape index (κ2) is 7.88. The van der Waals surface area contributed by atoms with Crippen molar-refractivity contribution < 1.29 is 23.8 Å². The van der Waals surface area contributed by atoms with E-state index in [1.807, 2.05) is 0 Å². The highest BCUT2D eigenvalue weighted by atomic mass is 16.5. The van der Waals surface area contributed by atoms with Gasteiger partial charge in [-0.3, -0.25) is 4.79 Å². The molecule has 110 valence electrons. The largest absolute Gasteiger partial charge is 0.493 e. The number of hydrogen-bond acceptors (Lipinski definition) is 5. The lowest BCUT2D eigenvalue weighted by Crippen LogP contribution is -2.33. The summed E-state index contributed by atoms with van der Waals surface area (Å²) in [5.74, 6) is 0.698. The number of hydrogen-bond donors (Lipinski definition) is 2. The number of nitrogens with one attached hydrogen (secondary N) is 2. The van der Waals surface area contributed by atoms with Crippen molar-refractivity contribution in [2.75, 3.05) is 32.7 Å². The van der Waals surface area contributed by atoms with Gasteiger partial charge in [-0.05, 0) is 19.1 Å². The number of methoxy groups -OCH3 is 2. The van der Waals surface area contributed by atoms with Crippen LogP contribution in [0.15, 0.2) is 18.2 Å². The van der Waals surface area contributed by atoms with Crippen LogP contribution >= 0.6 is 0 Å². The van der Waals surface area contributed by atoms with Gasteiger partial charge in [-0.2, -0.15) is 0 Å². The van der Waals surface area contributed by atoms with Crippen LogP contribution < -0.4 is 20.1 Å². The Hall–Kier alpha value is -2.44. The first-order valence-electron chi connectivity index (χ1n) is 6.03. The van der Waals surface area contributed by atoms with Gasteiger partial charge in [0.2, 0.25) is 5.91 Å². The molecule has 1 rings (SSSR count). The molecule has 0 bridgehead atoms. The number of anilines is 1. The Bertz CT molecular complexity index is 476. The van der Waals surface area contributed by atoms with Crippen LogP contribution in [0.2, 0.25) is 0 Å². The van der Waals surface area contributed by atoms with Crippen LogP contribution in [0.4, 0.5) is 10.5 Å². The van der Waals surface area contributed by atoms with Gasteiger partial charge in [-0.15, -0.1) is 0 Å². The number of carbonyl (C=O) groups is 2. The molecule has 2 amide bonds. The molecular weight excluding hydrogens is 264 g/mol. The molecule has 20 heavy (non-hydrogen) atoms. The van der Waals surface area contributed by atoms with Gasteiger partial charge >= 0.3 is 6.09 Å². The summed E-state index contributed by atoms with van der Waals surface area (Å²) in [5, 5.41) is 4.95. The Labute approximate surface area is 117 Å². The lowest BCUT2D eigenvalue weighted by molar-refractivity contribution is -0.115. The maximum Gasteiger partial charge on any atom is 0.407 e. The van der Waals surface area contributed by atoms with E-state index >= 15 is 0 Å². The molecule has 7 heteroatoms. The van der Waals surface area contributed by atoms with E-state index < -0.39 is 6.09 Å². The van der Waals surface area contributed by atoms with E-state index in [1.165, 1.54) is 14.2 Å². The molecule has 0 saturated carbocycles. The van der Waals surface area contributed by atoms with E-state index in [1.54, 1.807) is 25.1 Å². The Kier molecular flexibility index (Phi) is 6.15. The standard InChI is InChI=1S/C13H18N2O5/c1-4-20-13(17)14-8-12(16)15-9-5-6-10(18-2)11(7-9)19-3/h5-7H,4,8H2,1-3H3,(H,14,17)(H,15,16). The zero-order chi connectivity index (χ0) is 15.0. The molecule has 0 aromatic heterocycles. The van der Waals surface area contributed by atoms with Crippen molar-refractivity contribution in [3.05, 3.63) is 18.2 Å². The normalized spacial score (nSPS) is 9.55. The predicted molar refractivity (Wildman–Crippen MR) is 73.2 cm³/mol. The number of amides is 2. The Morgan fingerprint density at radius 3 is 2.45 bits per heavy atom. The monoisotopic (exact) mass is 282 g/mol. The quantitative estimate of drug-likeness (QED) is 0.823. The molecule has 0 heterocycles. The predicted octanol–water partition coefficient (Wildman–Crippen LogP) is 1.39. The maximum atomic E-state index is 11.6. The minimum Gasteiger partial charge on any atom is -0.493 e. The summed E-state index contributed by atoms with van der Waals surface area (Å²) in [4.78, 5) is 22.7. The molecule has 1 aromatic rings. The SMILES string of the molecule is CCOC(=O)NCC(=O)Nc1ccc(OC)c(OC)c1. The molecule has 0 radical (unpaired) electrons. The van der Waals surface area contributed by atoms with Gasteiger partial charge in [0.25, 0.3) is 0 Å². The third-order valence-corrected chi connectivity index (χ3v) is 2.34. The molecule has 0 aliphatic carbocycles. The molecule has 1 aromatic carbocycles. The molecule has 0 aliphatic heterocycles. The van der Waals surface area contributed by atoms with Crippen LogP contribution in [0, 0.1) is 0 Å². The summed E-state index contributed by atoms with van der Waals surface area (Å²) in [6, 6.07) is 4.97. The topological polar surface area (TPSA) is 85.9 Å². The molecule has 7 nitrogen and oxygen atoms in total. The maximum absolute atomic E-state index is 11.6. The Balaban J connectivity index is 2.55. The molecule has 0 aliphatic rings. The van der Waals surface area contributed by atoms with Gasteiger partial charge in [0, 0.05) is 11.8 Å². The lowest BCUT2D eigenvalue weighted by atomic mass is 10.2. The minimum absolute atomic E-state index is 0.173. The van der Waals surface area contributed by atoms with E-state index in [0.717, 1.165) is 0 Å². The van der Waals surface area contributed by atoms with Crippen LogP contribution in [0.5, 0.6) is 11.5 Å². The number of ether oxygens (including phenoxy) is 3. The Morgan fingerprint density at radius 2 is 1.85 bits per heavy atom. The van der Waals surface area contributed by atoms with Crippen LogP contribution in [0.1, 0.15) is 6.92 Å². The first kappa shape index (κ1) is 15.6. The lowest BCUT2D eigenvalue weighted by Gasteiger charge is -2.11. The summed E-state index contributed by atoms with van der Waals surface area (Å²) in [6.45, 7) is 1.76. The summed E-state index contributed by atoms with van der Waals surface area (Å²) < 4.78 is 14.9. The van der Waals surface area contributed by atoms with Crippen LogP contribution in [0.25, 0.3) is 0 Å². The summed E-state index contributed by atoms with van der Waals surface area (Å²) in [5.41, 5.74) is 0.540. The van der Waals surface area contributed by atoms with Gasteiger partial charge in [0.15, 0.2) is 11.5 Å². The number of alkyl carbamates (subject to hydrolysis) is 1. The molecule has 0 saturated heterocycles. The highest BCUT2D eigenvalue weighted by Gasteiger charge is 2.08. The number of rotatable bonds is 6. The fourth-order valence-corrected chi connectivity index (χ4v) is 1.45. The van der Waals surface area contributed by atoms with Crippen molar-refractivity contribution in [1.82, 2.24) is 5.32 Å². The highest BCUT2D eigenvalue weighted by Crippen LogP contribution is 2.29. The van der Waals surface area contributed by atoms with E-state index in [4.69, 9.17) is 9.47 Å². The third-order valence-electron chi connectivity index (χ3n) is 2.34. The van der Waals surface area contributed by atoms with Gasteiger partial charge < -0.3 is 24.8 Å². The second-order valence-corrected chi connectivity index (χ2v) is 3.69. The van der Waals surface area contributed by atoms with Crippen LogP contribution in [-0.4, -0.2) is 39.4 Å². The highest BCUT2D eigenvalue weighted by molar-refractivity contribution is 5.94. The zero-order valence-electron chi connectivity index (χ0n) is 11.7. The number of carbonyl (C=O) groups excluding carboxylic acids is 2. The minimum atomic E-state index is -0.630. The third kappa shape index (κ3) is 4.68. The fourth-order valence-electron chi connectivity index (χ4n) is 1.45. The Morgan fingerprint density at radius 1 is 1.15 bits per heavy atom. The average molecular weight is 282 g/mol. The van der Waals surface area contributed by atoms with E-state index in [-0.39, 0.29) is 19.1 Å². The first-order valence-corrected chi connectivity index (χ1v) is 6.03. The second-order valence-electron chi connectivity index (χ2n) is 3.69. The van der Waals surface area contributed by atoms with Crippen molar-refractivity contribution in [3.8, 4) is 11.5 Å². The van der Waals surface area contributed by atoms with Gasteiger partial charge in [-0.1, -0.05) is 0 Å². The van der Waals surface area contributed by atoms with Crippen molar-refractivity contribution in [1.29, 1.82) is 0 Å². The van der Waals surface area contributed by atoms with Crippen molar-refractivity contribution in [2.45, 2.75) is 6.92 Å². The summed E-state index contributed by atoms with van der Waals surface area (Å²) in [7, 11) is 3.03. The molecule has 0 unspecified atom stereocenters. The van der Waals surface area contributed by atoms with E-state index in [9.17, 15) is 9.59 Å². The van der Waals surface area contributed by atoms with E-state index in [2.05, 4.69) is 15.4 Å². The van der Waals surface area contributed by atoms with Gasteiger partial charge in [0.05, 0.1) is 20.8 Å². The fraction of sp³-hybridized carbons (Fsp3) is 0.385. The molecule has 0 atom stereocenters. The average Bonchev–Trinajstić information content (AvgIpc) is 2.45. The van der Waals surface area contributed by atoms with Crippen LogP contribution in [0.3, 0.4) is 0 Å². The summed E-state index contributed by atoms with van der Waals surface area (Å²) in [6.07, 6.45) is -0.630. The van der Waals surface area contributed by atoms with Crippen molar-refractivity contribution in [3.63, 3.8) is 0 Å².